The normalized spacial score (nSPS) is 17.2. The zero-order valence-corrected chi connectivity index (χ0v) is 20.0. The van der Waals surface area contributed by atoms with E-state index in [0.717, 1.165) is 12.8 Å². The van der Waals surface area contributed by atoms with Crippen LogP contribution in [0.15, 0.2) is 48.0 Å². The number of methoxy groups -OCH3 is 3. The Morgan fingerprint density at radius 1 is 1.00 bits per heavy atom. The van der Waals surface area contributed by atoms with Gasteiger partial charge in [0.1, 0.15) is 11.5 Å². The van der Waals surface area contributed by atoms with Crippen molar-refractivity contribution in [2.45, 2.75) is 25.8 Å². The molecule has 0 radical (unpaired) electrons. The third-order valence-electron chi connectivity index (χ3n) is 5.68. The number of unbranched alkanes of at least 4 members (excludes halogenated alkanes) is 1. The molecule has 0 saturated carbocycles. The van der Waals surface area contributed by atoms with Crippen LogP contribution in [0.4, 0.5) is 0 Å². The first-order valence-electron chi connectivity index (χ1n) is 11.2. The molecule has 1 aliphatic heterocycles. The summed E-state index contributed by atoms with van der Waals surface area (Å²) < 4.78 is 21.7. The first-order chi connectivity index (χ1) is 16.5. The number of benzene rings is 2. The molecule has 1 heterocycles. The van der Waals surface area contributed by atoms with Crippen LogP contribution in [0.5, 0.6) is 17.2 Å². The molecule has 2 aromatic carbocycles. The summed E-state index contributed by atoms with van der Waals surface area (Å²) in [7, 11) is 4.57. The van der Waals surface area contributed by atoms with Crippen molar-refractivity contribution in [3.63, 3.8) is 0 Å². The van der Waals surface area contributed by atoms with Crippen molar-refractivity contribution in [2.24, 2.45) is 0 Å². The van der Waals surface area contributed by atoms with Crippen LogP contribution in [0.1, 0.15) is 36.9 Å². The van der Waals surface area contributed by atoms with E-state index in [9.17, 15) is 14.7 Å². The summed E-state index contributed by atoms with van der Waals surface area (Å²) in [5.74, 6) is -0.167. The average Bonchev–Trinajstić information content (AvgIpc) is 3.12. The van der Waals surface area contributed by atoms with Crippen molar-refractivity contribution in [3.8, 4) is 17.2 Å². The average molecular weight is 470 g/mol. The molecule has 34 heavy (non-hydrogen) atoms. The zero-order chi connectivity index (χ0) is 24.7. The molecule has 8 nitrogen and oxygen atoms in total. The third kappa shape index (κ3) is 5.17. The molecule has 1 N–H and O–H groups in total. The zero-order valence-electron chi connectivity index (χ0n) is 20.0. The minimum atomic E-state index is -0.819. The number of ketones is 1. The molecule has 182 valence electrons. The summed E-state index contributed by atoms with van der Waals surface area (Å²) in [6.45, 7) is 3.04. The molecule has 0 aliphatic carbocycles. The minimum Gasteiger partial charge on any atom is -0.507 e. The smallest absolute Gasteiger partial charge is 0.295 e. The fourth-order valence-corrected chi connectivity index (χ4v) is 3.87. The van der Waals surface area contributed by atoms with Gasteiger partial charge in [-0.05, 0) is 36.2 Å². The molecule has 1 aliphatic rings. The number of aliphatic hydroxyl groups is 1. The summed E-state index contributed by atoms with van der Waals surface area (Å²) in [6.07, 6.45) is 1.90. The second-order valence-electron chi connectivity index (χ2n) is 7.83. The molecular formula is C26H31NO7. The van der Waals surface area contributed by atoms with Crippen molar-refractivity contribution >= 4 is 17.4 Å². The van der Waals surface area contributed by atoms with Gasteiger partial charge in [-0.2, -0.15) is 0 Å². The number of aliphatic hydroxyl groups excluding tert-OH is 1. The largest absolute Gasteiger partial charge is 0.507 e. The quantitative estimate of drug-likeness (QED) is 0.230. The molecular weight excluding hydrogens is 438 g/mol. The Hall–Kier alpha value is -3.52. The van der Waals surface area contributed by atoms with Gasteiger partial charge in [0.2, 0.25) is 0 Å². The number of nitrogens with zero attached hydrogens (tertiary/aromatic N) is 1. The number of likely N-dealkylation sites (tertiary alicyclic amines) is 1. The molecule has 0 aromatic heterocycles. The van der Waals surface area contributed by atoms with Crippen molar-refractivity contribution in [1.29, 1.82) is 0 Å². The van der Waals surface area contributed by atoms with Gasteiger partial charge in [0.15, 0.2) is 11.5 Å². The summed E-state index contributed by atoms with van der Waals surface area (Å²) in [5.41, 5.74) is 0.982. The molecule has 0 spiro atoms. The van der Waals surface area contributed by atoms with Gasteiger partial charge in [0, 0.05) is 19.2 Å². The van der Waals surface area contributed by atoms with E-state index in [2.05, 4.69) is 6.92 Å². The molecule has 1 fully saturated rings. The Kier molecular flexibility index (Phi) is 8.54. The van der Waals surface area contributed by atoms with Gasteiger partial charge in [0.05, 0.1) is 39.0 Å². The number of carbonyl (C=O) groups excluding carboxylic acids is 2. The number of rotatable bonds is 11. The molecule has 1 atom stereocenters. The maximum atomic E-state index is 13.1. The van der Waals surface area contributed by atoms with E-state index in [1.165, 1.54) is 26.2 Å². The predicted octanol–water partition coefficient (Wildman–Crippen LogP) is 3.95. The first kappa shape index (κ1) is 25.1. The van der Waals surface area contributed by atoms with Crippen molar-refractivity contribution in [2.75, 3.05) is 41.1 Å². The molecule has 0 unspecified atom stereocenters. The van der Waals surface area contributed by atoms with Crippen LogP contribution >= 0.6 is 0 Å². The van der Waals surface area contributed by atoms with E-state index in [1.807, 2.05) is 0 Å². The van der Waals surface area contributed by atoms with E-state index in [1.54, 1.807) is 42.5 Å². The summed E-state index contributed by atoms with van der Waals surface area (Å²) in [4.78, 5) is 27.5. The number of Topliss-reactive ketones (excluding diaryl/α,β-unsaturated/α-hetero) is 1. The molecule has 0 bridgehead atoms. The van der Waals surface area contributed by atoms with E-state index < -0.39 is 17.7 Å². The van der Waals surface area contributed by atoms with Gasteiger partial charge in [-0.25, -0.2) is 0 Å². The van der Waals surface area contributed by atoms with Crippen LogP contribution in [0, 0.1) is 0 Å². The minimum absolute atomic E-state index is 0.00365. The van der Waals surface area contributed by atoms with E-state index in [-0.39, 0.29) is 24.5 Å². The van der Waals surface area contributed by atoms with Gasteiger partial charge < -0.3 is 29.0 Å². The van der Waals surface area contributed by atoms with Gasteiger partial charge in [-0.3, -0.25) is 9.59 Å². The molecule has 2 aromatic rings. The fourth-order valence-electron chi connectivity index (χ4n) is 3.87. The number of hydrogen-bond donors (Lipinski definition) is 1. The Bertz CT molecular complexity index is 1060. The van der Waals surface area contributed by atoms with E-state index >= 15 is 0 Å². The Balaban J connectivity index is 2.12. The van der Waals surface area contributed by atoms with Gasteiger partial charge in [-0.1, -0.05) is 31.5 Å². The topological polar surface area (TPSA) is 94.5 Å². The van der Waals surface area contributed by atoms with Crippen molar-refractivity contribution in [3.05, 3.63) is 59.2 Å². The third-order valence-corrected chi connectivity index (χ3v) is 5.68. The Labute approximate surface area is 199 Å². The number of amides is 1. The van der Waals surface area contributed by atoms with Crippen LogP contribution in [0.3, 0.4) is 0 Å². The maximum Gasteiger partial charge on any atom is 0.295 e. The Morgan fingerprint density at radius 3 is 2.47 bits per heavy atom. The highest BCUT2D eigenvalue weighted by molar-refractivity contribution is 6.46. The van der Waals surface area contributed by atoms with Crippen LogP contribution in [0.25, 0.3) is 5.76 Å². The number of carbonyl (C=O) groups is 2. The van der Waals surface area contributed by atoms with Crippen molar-refractivity contribution < 1.29 is 33.6 Å². The molecule has 8 heteroatoms. The summed E-state index contributed by atoms with van der Waals surface area (Å²) in [5, 5.41) is 11.2. The Morgan fingerprint density at radius 2 is 1.79 bits per heavy atom. The highest BCUT2D eigenvalue weighted by Crippen LogP contribution is 2.42. The van der Waals surface area contributed by atoms with Crippen molar-refractivity contribution in [1.82, 2.24) is 4.90 Å². The molecule has 1 saturated heterocycles. The number of hydrogen-bond acceptors (Lipinski definition) is 7. The lowest BCUT2D eigenvalue weighted by molar-refractivity contribution is -0.140. The monoisotopic (exact) mass is 469 g/mol. The van der Waals surface area contributed by atoms with Gasteiger partial charge >= 0.3 is 0 Å². The highest BCUT2D eigenvalue weighted by Gasteiger charge is 2.46. The molecule has 3 rings (SSSR count). The summed E-state index contributed by atoms with van der Waals surface area (Å²) in [6, 6.07) is 11.1. The van der Waals surface area contributed by atoms with Crippen LogP contribution in [-0.2, 0) is 14.3 Å². The predicted molar refractivity (Wildman–Crippen MR) is 127 cm³/mol. The lowest BCUT2D eigenvalue weighted by Gasteiger charge is -2.25. The number of ether oxygens (including phenoxy) is 4. The van der Waals surface area contributed by atoms with Gasteiger partial charge in [-0.15, -0.1) is 0 Å². The van der Waals surface area contributed by atoms with Crippen LogP contribution in [0.2, 0.25) is 0 Å². The van der Waals surface area contributed by atoms with E-state index in [4.69, 9.17) is 18.9 Å². The lowest BCUT2D eigenvalue weighted by atomic mass is 9.95. The summed E-state index contributed by atoms with van der Waals surface area (Å²) >= 11 is 0. The SMILES string of the molecule is CCCCOc1ccc([C@@H]2C(=C(O)c3cccc(OC)c3)C(=O)C(=O)N2CCOC)cc1OC. The maximum absolute atomic E-state index is 13.1. The second kappa shape index (κ2) is 11.6. The van der Waals surface area contributed by atoms with Crippen LogP contribution < -0.4 is 14.2 Å². The lowest BCUT2D eigenvalue weighted by Crippen LogP contribution is -2.32. The standard InChI is InChI=1S/C26H31NO7/c1-5-6-13-34-20-11-10-17(16-21(20)33-4)23-22(25(29)26(30)27(23)12-14-31-2)24(28)18-8-7-9-19(15-18)32-3/h7-11,15-16,23,28H,5-6,12-14H2,1-4H3/t23-/m1/s1. The second-order valence-corrected chi connectivity index (χ2v) is 7.83. The highest BCUT2D eigenvalue weighted by atomic mass is 16.5. The van der Waals surface area contributed by atoms with Crippen LogP contribution in [-0.4, -0.2) is 62.8 Å². The first-order valence-corrected chi connectivity index (χ1v) is 11.2. The van der Waals surface area contributed by atoms with E-state index in [0.29, 0.717) is 35.0 Å². The molecule has 1 amide bonds. The fraction of sp³-hybridized carbons (Fsp3) is 0.385. The van der Waals surface area contributed by atoms with Gasteiger partial charge in [0.25, 0.3) is 11.7 Å².